The summed E-state index contributed by atoms with van der Waals surface area (Å²) < 4.78 is 10.6. The normalized spacial score (nSPS) is 11.9. The highest BCUT2D eigenvalue weighted by atomic mass is 32.1. The molecule has 1 aliphatic carbocycles. The van der Waals surface area contributed by atoms with E-state index in [4.69, 9.17) is 9.47 Å². The lowest BCUT2D eigenvalue weighted by atomic mass is 9.89. The summed E-state index contributed by atoms with van der Waals surface area (Å²) >= 11 is 1.34. The Kier molecular flexibility index (Phi) is 6.88. The van der Waals surface area contributed by atoms with E-state index in [1.807, 2.05) is 48.5 Å². The van der Waals surface area contributed by atoms with Crippen LogP contribution in [0.2, 0.25) is 0 Å². The van der Waals surface area contributed by atoms with E-state index in [1.165, 1.54) is 16.9 Å². The van der Waals surface area contributed by atoms with Gasteiger partial charge in [-0.1, -0.05) is 54.6 Å². The molecule has 200 valence electrons. The Morgan fingerprint density at radius 3 is 2.58 bits per heavy atom. The van der Waals surface area contributed by atoms with Crippen LogP contribution in [0.15, 0.2) is 72.8 Å². The monoisotopic (exact) mass is 551 g/mol. The van der Waals surface area contributed by atoms with Gasteiger partial charge in [-0.05, 0) is 54.7 Å². The SMILES string of the molecule is CCOC(=O)c1c(NC(=O)COC(=O)c2ccc3nc(-c4ccccc4)[nH]c3c2)sc2c1CCc1ccccc1-2. The standard InChI is InChI=1S/C31H25N3O5S/c1-2-38-31(37)26-22-14-12-18-8-6-7-11-21(18)27(22)40-29(26)34-25(35)17-39-30(36)20-13-15-23-24(16-20)33-28(32-23)19-9-4-3-5-10-19/h3-11,13,15-16H,2,12,14,17H2,1H3,(H,32,33)(H,34,35). The van der Waals surface area contributed by atoms with Gasteiger partial charge in [-0.25, -0.2) is 14.6 Å². The topological polar surface area (TPSA) is 110 Å². The fraction of sp³-hybridized carbons (Fsp3) is 0.161. The van der Waals surface area contributed by atoms with Gasteiger partial charge in [0.15, 0.2) is 6.61 Å². The van der Waals surface area contributed by atoms with Crippen LogP contribution < -0.4 is 5.32 Å². The summed E-state index contributed by atoms with van der Waals surface area (Å²) in [6.07, 6.45) is 1.47. The van der Waals surface area contributed by atoms with Crippen LogP contribution in [0, 0.1) is 0 Å². The van der Waals surface area contributed by atoms with Gasteiger partial charge in [0.2, 0.25) is 0 Å². The van der Waals surface area contributed by atoms with Crippen molar-refractivity contribution in [2.24, 2.45) is 0 Å². The van der Waals surface area contributed by atoms with Crippen LogP contribution in [-0.2, 0) is 27.1 Å². The maximum Gasteiger partial charge on any atom is 0.341 e. The molecule has 0 saturated carbocycles. The van der Waals surface area contributed by atoms with Gasteiger partial charge in [0, 0.05) is 10.4 Å². The number of nitrogens with zero attached hydrogens (tertiary/aromatic N) is 1. The van der Waals surface area contributed by atoms with Crippen molar-refractivity contribution >= 4 is 45.2 Å². The molecule has 2 aromatic heterocycles. The highest BCUT2D eigenvalue weighted by molar-refractivity contribution is 7.20. The molecule has 3 aromatic carbocycles. The largest absolute Gasteiger partial charge is 0.462 e. The number of hydrogen-bond acceptors (Lipinski definition) is 7. The van der Waals surface area contributed by atoms with E-state index in [1.54, 1.807) is 25.1 Å². The van der Waals surface area contributed by atoms with Gasteiger partial charge in [-0.2, -0.15) is 0 Å². The third-order valence-electron chi connectivity index (χ3n) is 6.75. The van der Waals surface area contributed by atoms with Crippen molar-refractivity contribution in [3.63, 3.8) is 0 Å². The molecular formula is C31H25N3O5S. The average Bonchev–Trinajstić information content (AvgIpc) is 3.57. The minimum absolute atomic E-state index is 0.221. The fourth-order valence-corrected chi connectivity index (χ4v) is 6.21. The maximum atomic E-state index is 12.9. The molecule has 0 spiro atoms. The lowest BCUT2D eigenvalue weighted by Crippen LogP contribution is -2.22. The Morgan fingerprint density at radius 1 is 0.950 bits per heavy atom. The summed E-state index contributed by atoms with van der Waals surface area (Å²) in [6.45, 7) is 1.46. The van der Waals surface area contributed by atoms with Crippen LogP contribution in [0.5, 0.6) is 0 Å². The van der Waals surface area contributed by atoms with Gasteiger partial charge < -0.3 is 19.8 Å². The maximum absolute atomic E-state index is 12.9. The predicted octanol–water partition coefficient (Wildman–Crippen LogP) is 6.03. The Bertz CT molecular complexity index is 1760. The molecule has 0 saturated heterocycles. The Labute approximate surface area is 234 Å². The molecule has 9 heteroatoms. The molecule has 0 aliphatic heterocycles. The highest BCUT2D eigenvalue weighted by Gasteiger charge is 2.29. The first-order chi connectivity index (χ1) is 19.5. The van der Waals surface area contributed by atoms with Gasteiger partial charge >= 0.3 is 11.9 Å². The first-order valence-electron chi connectivity index (χ1n) is 12.9. The molecule has 0 bridgehead atoms. The minimum Gasteiger partial charge on any atom is -0.462 e. The van der Waals surface area contributed by atoms with Crippen molar-refractivity contribution in [2.45, 2.75) is 19.8 Å². The molecule has 40 heavy (non-hydrogen) atoms. The van der Waals surface area contributed by atoms with E-state index in [-0.39, 0.29) is 6.61 Å². The molecule has 0 fully saturated rings. The summed E-state index contributed by atoms with van der Waals surface area (Å²) in [5.74, 6) is -0.966. The van der Waals surface area contributed by atoms with Crippen molar-refractivity contribution in [3.8, 4) is 21.8 Å². The third kappa shape index (κ3) is 4.87. The van der Waals surface area contributed by atoms with Gasteiger partial charge in [-0.15, -0.1) is 11.3 Å². The van der Waals surface area contributed by atoms with Crippen molar-refractivity contribution in [1.29, 1.82) is 0 Å². The predicted molar refractivity (Wildman–Crippen MR) is 154 cm³/mol. The second-order valence-electron chi connectivity index (χ2n) is 9.30. The molecule has 0 unspecified atom stereocenters. The quantitative estimate of drug-likeness (QED) is 0.239. The number of hydrogen-bond donors (Lipinski definition) is 2. The molecule has 0 atom stereocenters. The van der Waals surface area contributed by atoms with Crippen LogP contribution >= 0.6 is 11.3 Å². The summed E-state index contributed by atoms with van der Waals surface area (Å²) in [6, 6.07) is 22.7. The number of imidazole rings is 1. The number of anilines is 1. The van der Waals surface area contributed by atoms with E-state index in [0.29, 0.717) is 39.4 Å². The van der Waals surface area contributed by atoms with Crippen LogP contribution in [-0.4, -0.2) is 41.0 Å². The van der Waals surface area contributed by atoms with E-state index in [0.717, 1.165) is 28.0 Å². The van der Waals surface area contributed by atoms with E-state index < -0.39 is 24.5 Å². The van der Waals surface area contributed by atoms with Crippen LogP contribution in [0.25, 0.3) is 32.9 Å². The van der Waals surface area contributed by atoms with Crippen LogP contribution in [0.4, 0.5) is 5.00 Å². The van der Waals surface area contributed by atoms with Crippen LogP contribution in [0.3, 0.4) is 0 Å². The number of rotatable bonds is 7. The van der Waals surface area contributed by atoms with Gasteiger partial charge in [-0.3, -0.25) is 4.79 Å². The number of esters is 2. The second kappa shape index (κ2) is 10.8. The number of carbonyl (C=O) groups is 3. The van der Waals surface area contributed by atoms with E-state index in [9.17, 15) is 14.4 Å². The number of aryl methyl sites for hydroxylation is 1. The molecule has 6 rings (SSSR count). The molecule has 2 N–H and O–H groups in total. The summed E-state index contributed by atoms with van der Waals surface area (Å²) in [4.78, 5) is 47.3. The minimum atomic E-state index is -0.641. The zero-order valence-electron chi connectivity index (χ0n) is 21.7. The summed E-state index contributed by atoms with van der Waals surface area (Å²) in [5, 5.41) is 3.18. The lowest BCUT2D eigenvalue weighted by molar-refractivity contribution is -0.119. The first kappa shape index (κ1) is 25.5. The molecule has 0 radical (unpaired) electrons. The smallest absolute Gasteiger partial charge is 0.341 e. The van der Waals surface area contributed by atoms with Crippen LogP contribution in [0.1, 0.15) is 38.8 Å². The number of aromatic nitrogens is 2. The number of thiophene rings is 1. The fourth-order valence-electron chi connectivity index (χ4n) is 4.89. The number of benzene rings is 3. The van der Waals surface area contributed by atoms with E-state index >= 15 is 0 Å². The Hall–Kier alpha value is -4.76. The van der Waals surface area contributed by atoms with Gasteiger partial charge in [0.05, 0.1) is 28.8 Å². The summed E-state index contributed by atoms with van der Waals surface area (Å²) in [5.41, 5.74) is 6.11. The van der Waals surface area contributed by atoms with Gasteiger partial charge in [0.25, 0.3) is 5.91 Å². The van der Waals surface area contributed by atoms with Crippen molar-refractivity contribution in [3.05, 3.63) is 95.1 Å². The van der Waals surface area contributed by atoms with Crippen molar-refractivity contribution in [2.75, 3.05) is 18.5 Å². The number of amides is 1. The highest BCUT2D eigenvalue weighted by Crippen LogP contribution is 2.45. The number of carbonyl (C=O) groups excluding carboxylic acids is 3. The Morgan fingerprint density at radius 2 is 1.75 bits per heavy atom. The number of nitrogens with one attached hydrogen (secondary N) is 2. The lowest BCUT2D eigenvalue weighted by Gasteiger charge is -2.16. The molecule has 1 aliphatic rings. The zero-order valence-corrected chi connectivity index (χ0v) is 22.5. The Balaban J connectivity index is 1.18. The third-order valence-corrected chi connectivity index (χ3v) is 7.93. The van der Waals surface area contributed by atoms with Gasteiger partial charge in [0.1, 0.15) is 10.8 Å². The zero-order chi connectivity index (χ0) is 27.6. The molecule has 8 nitrogen and oxygen atoms in total. The van der Waals surface area contributed by atoms with Crippen molar-refractivity contribution in [1.82, 2.24) is 9.97 Å². The second-order valence-corrected chi connectivity index (χ2v) is 10.3. The molecular weight excluding hydrogens is 526 g/mol. The molecule has 2 heterocycles. The van der Waals surface area contributed by atoms with E-state index in [2.05, 4.69) is 21.4 Å². The number of ether oxygens (including phenoxy) is 2. The number of H-pyrrole nitrogens is 1. The molecule has 5 aromatic rings. The van der Waals surface area contributed by atoms with Crippen molar-refractivity contribution < 1.29 is 23.9 Å². The average molecular weight is 552 g/mol. The molecule has 1 amide bonds. The first-order valence-corrected chi connectivity index (χ1v) is 13.8. The summed E-state index contributed by atoms with van der Waals surface area (Å²) in [7, 11) is 0. The number of fused-ring (bicyclic) bond motifs is 4. The number of aromatic amines is 1.